The van der Waals surface area contributed by atoms with Gasteiger partial charge in [0.15, 0.2) is 5.96 Å². The second-order valence-corrected chi connectivity index (χ2v) is 5.86. The fourth-order valence-electron chi connectivity index (χ4n) is 2.66. The number of likely N-dealkylation sites (tertiary alicyclic amines) is 1. The van der Waals surface area contributed by atoms with E-state index in [0.717, 1.165) is 50.5 Å². The molecule has 1 amide bonds. The van der Waals surface area contributed by atoms with Crippen molar-refractivity contribution in [1.82, 2.24) is 15.5 Å². The summed E-state index contributed by atoms with van der Waals surface area (Å²) in [6.45, 7) is 5.08. The van der Waals surface area contributed by atoms with Gasteiger partial charge in [-0.15, -0.1) is 24.0 Å². The van der Waals surface area contributed by atoms with E-state index in [4.69, 9.17) is 9.15 Å². The Kier molecular flexibility index (Phi) is 10.4. The van der Waals surface area contributed by atoms with Crippen molar-refractivity contribution in [3.63, 3.8) is 0 Å². The minimum atomic E-state index is -0.245. The molecular formula is C17H29IN4O3. The van der Waals surface area contributed by atoms with Gasteiger partial charge in [-0.2, -0.15) is 0 Å². The molecule has 2 rings (SSSR count). The summed E-state index contributed by atoms with van der Waals surface area (Å²) in [4.78, 5) is 17.9. The number of aliphatic imine (C=N–C) groups is 1. The van der Waals surface area contributed by atoms with Crippen molar-refractivity contribution >= 4 is 36.0 Å². The average Bonchev–Trinajstić information content (AvgIpc) is 3.13. The summed E-state index contributed by atoms with van der Waals surface area (Å²) in [5.74, 6) is 1.80. The van der Waals surface area contributed by atoms with Gasteiger partial charge in [-0.25, -0.2) is 4.79 Å². The lowest BCUT2D eigenvalue weighted by Crippen LogP contribution is -2.50. The van der Waals surface area contributed by atoms with Crippen LogP contribution in [0.5, 0.6) is 0 Å². The quantitative estimate of drug-likeness (QED) is 0.385. The largest absolute Gasteiger partial charge is 0.469 e. The lowest BCUT2D eigenvalue weighted by Gasteiger charge is -2.32. The Morgan fingerprint density at radius 1 is 1.44 bits per heavy atom. The molecule has 1 fully saturated rings. The van der Waals surface area contributed by atoms with Crippen LogP contribution in [0, 0.1) is 0 Å². The molecule has 25 heavy (non-hydrogen) atoms. The molecule has 1 saturated heterocycles. The molecule has 0 aliphatic carbocycles. The van der Waals surface area contributed by atoms with Crippen LogP contribution in [0.25, 0.3) is 0 Å². The standard InChI is InChI=1S/C17H28N4O3.HI/c1-3-9-18-16(19-10-6-15-5-4-13-24-15)20-14-7-11-21(12-8-14)17(22)23-2;/h4-5,13-14H,3,6-12H2,1-2H3,(H2,18,19,20);1H. The number of methoxy groups -OCH3 is 1. The zero-order chi connectivity index (χ0) is 17.2. The Morgan fingerprint density at radius 3 is 2.80 bits per heavy atom. The first-order valence-corrected chi connectivity index (χ1v) is 8.63. The fraction of sp³-hybridized carbons (Fsp3) is 0.647. The maximum atomic E-state index is 11.5. The molecule has 1 aromatic rings. The summed E-state index contributed by atoms with van der Waals surface area (Å²) < 4.78 is 10.1. The summed E-state index contributed by atoms with van der Waals surface area (Å²) in [5, 5.41) is 6.84. The van der Waals surface area contributed by atoms with E-state index in [9.17, 15) is 4.79 Å². The second kappa shape index (κ2) is 12.0. The van der Waals surface area contributed by atoms with Crippen LogP contribution in [0.15, 0.2) is 27.8 Å². The van der Waals surface area contributed by atoms with Crippen LogP contribution < -0.4 is 10.6 Å². The van der Waals surface area contributed by atoms with Crippen molar-refractivity contribution in [2.45, 2.75) is 38.6 Å². The highest BCUT2D eigenvalue weighted by molar-refractivity contribution is 14.0. The van der Waals surface area contributed by atoms with Crippen molar-refractivity contribution in [2.75, 3.05) is 33.3 Å². The molecule has 7 nitrogen and oxygen atoms in total. The molecule has 0 spiro atoms. The van der Waals surface area contributed by atoms with Gasteiger partial charge in [0.25, 0.3) is 0 Å². The second-order valence-electron chi connectivity index (χ2n) is 5.86. The first kappa shape index (κ1) is 21.6. The zero-order valence-corrected chi connectivity index (χ0v) is 17.3. The number of nitrogens with one attached hydrogen (secondary N) is 2. The van der Waals surface area contributed by atoms with E-state index in [-0.39, 0.29) is 30.1 Å². The number of furan rings is 1. The number of rotatable bonds is 6. The number of ether oxygens (including phenoxy) is 1. The Hall–Kier alpha value is -1.45. The van der Waals surface area contributed by atoms with E-state index in [2.05, 4.69) is 22.5 Å². The average molecular weight is 464 g/mol. The summed E-state index contributed by atoms with van der Waals surface area (Å²) in [7, 11) is 1.42. The van der Waals surface area contributed by atoms with E-state index in [1.54, 1.807) is 11.2 Å². The molecule has 1 aliphatic rings. The number of piperidine rings is 1. The molecule has 0 atom stereocenters. The number of nitrogens with zero attached hydrogens (tertiary/aromatic N) is 2. The Labute approximate surface area is 166 Å². The normalized spacial score (nSPS) is 15.4. The highest BCUT2D eigenvalue weighted by Gasteiger charge is 2.23. The van der Waals surface area contributed by atoms with Gasteiger partial charge >= 0.3 is 6.09 Å². The van der Waals surface area contributed by atoms with E-state index >= 15 is 0 Å². The molecule has 2 heterocycles. The summed E-state index contributed by atoms with van der Waals surface area (Å²) in [6.07, 6.45) is 5.05. The van der Waals surface area contributed by atoms with Gasteiger partial charge in [0.1, 0.15) is 5.76 Å². The molecule has 1 aliphatic heterocycles. The van der Waals surface area contributed by atoms with Crippen LogP contribution in [0.4, 0.5) is 4.79 Å². The molecule has 0 aromatic carbocycles. The third kappa shape index (κ3) is 7.54. The molecule has 0 unspecified atom stereocenters. The maximum absolute atomic E-state index is 11.5. The van der Waals surface area contributed by atoms with E-state index in [1.165, 1.54) is 7.11 Å². The number of carbonyl (C=O) groups is 1. The Bertz CT molecular complexity index is 514. The zero-order valence-electron chi connectivity index (χ0n) is 15.0. The van der Waals surface area contributed by atoms with Crippen LogP contribution in [0.1, 0.15) is 31.9 Å². The Morgan fingerprint density at radius 2 is 2.20 bits per heavy atom. The fourth-order valence-corrected chi connectivity index (χ4v) is 2.66. The molecule has 0 saturated carbocycles. The van der Waals surface area contributed by atoms with E-state index < -0.39 is 0 Å². The molecular weight excluding hydrogens is 435 g/mol. The number of halogens is 1. The van der Waals surface area contributed by atoms with Crippen molar-refractivity contribution in [3.05, 3.63) is 24.2 Å². The smallest absolute Gasteiger partial charge is 0.409 e. The highest BCUT2D eigenvalue weighted by atomic mass is 127. The number of hydrogen-bond acceptors (Lipinski definition) is 4. The summed E-state index contributed by atoms with van der Waals surface area (Å²) >= 11 is 0. The van der Waals surface area contributed by atoms with Gasteiger partial charge in [0.05, 0.1) is 13.4 Å². The van der Waals surface area contributed by atoms with Crippen LogP contribution in [-0.2, 0) is 11.2 Å². The van der Waals surface area contributed by atoms with Crippen LogP contribution in [-0.4, -0.2) is 56.3 Å². The molecule has 0 bridgehead atoms. The van der Waals surface area contributed by atoms with E-state index in [0.29, 0.717) is 19.1 Å². The van der Waals surface area contributed by atoms with Crippen molar-refractivity contribution < 1.29 is 13.9 Å². The minimum Gasteiger partial charge on any atom is -0.469 e. The molecule has 0 radical (unpaired) electrons. The van der Waals surface area contributed by atoms with Gasteiger partial charge in [0.2, 0.25) is 0 Å². The van der Waals surface area contributed by atoms with Gasteiger partial charge in [-0.1, -0.05) is 6.92 Å². The van der Waals surface area contributed by atoms with Gasteiger partial charge in [0, 0.05) is 38.6 Å². The number of carbonyl (C=O) groups excluding carboxylic acids is 1. The summed E-state index contributed by atoms with van der Waals surface area (Å²) in [6, 6.07) is 4.19. The van der Waals surface area contributed by atoms with Crippen molar-refractivity contribution in [3.8, 4) is 0 Å². The highest BCUT2D eigenvalue weighted by Crippen LogP contribution is 2.11. The third-order valence-corrected chi connectivity index (χ3v) is 4.01. The lowest BCUT2D eigenvalue weighted by molar-refractivity contribution is 0.111. The SMILES string of the molecule is CCCN=C(NCCc1ccco1)NC1CCN(C(=O)OC)CC1.I. The summed E-state index contributed by atoms with van der Waals surface area (Å²) in [5.41, 5.74) is 0. The van der Waals surface area contributed by atoms with Crippen LogP contribution in [0.3, 0.4) is 0 Å². The molecule has 8 heteroatoms. The Balaban J connectivity index is 0.00000312. The lowest BCUT2D eigenvalue weighted by atomic mass is 10.1. The maximum Gasteiger partial charge on any atom is 0.409 e. The van der Waals surface area contributed by atoms with Crippen LogP contribution in [0.2, 0.25) is 0 Å². The molecule has 1 aromatic heterocycles. The minimum absolute atomic E-state index is 0. The number of guanidine groups is 1. The van der Waals surface area contributed by atoms with Crippen LogP contribution >= 0.6 is 24.0 Å². The van der Waals surface area contributed by atoms with Gasteiger partial charge in [-0.3, -0.25) is 4.99 Å². The molecule has 142 valence electrons. The first-order valence-electron chi connectivity index (χ1n) is 8.63. The van der Waals surface area contributed by atoms with Gasteiger partial charge < -0.3 is 24.7 Å². The van der Waals surface area contributed by atoms with Gasteiger partial charge in [-0.05, 0) is 31.4 Å². The third-order valence-electron chi connectivity index (χ3n) is 4.01. The van der Waals surface area contributed by atoms with E-state index in [1.807, 2.05) is 12.1 Å². The number of hydrogen-bond donors (Lipinski definition) is 2. The first-order chi connectivity index (χ1) is 11.7. The predicted molar refractivity (Wildman–Crippen MR) is 109 cm³/mol. The molecule has 2 N–H and O–H groups in total. The van der Waals surface area contributed by atoms with Crippen molar-refractivity contribution in [2.24, 2.45) is 4.99 Å². The number of amides is 1. The van der Waals surface area contributed by atoms with Crippen molar-refractivity contribution in [1.29, 1.82) is 0 Å². The topological polar surface area (TPSA) is 79.1 Å². The monoisotopic (exact) mass is 464 g/mol. The predicted octanol–water partition coefficient (Wildman–Crippen LogP) is 2.62.